The van der Waals surface area contributed by atoms with Gasteiger partial charge in [-0.3, -0.25) is 0 Å². The lowest BCUT2D eigenvalue weighted by molar-refractivity contribution is 0.0168. The molecule has 0 amide bonds. The van der Waals surface area contributed by atoms with E-state index in [-0.39, 0.29) is 6.10 Å². The van der Waals surface area contributed by atoms with Gasteiger partial charge in [-0.05, 0) is 67.1 Å². The second-order valence-corrected chi connectivity index (χ2v) is 7.80. The fourth-order valence-corrected chi connectivity index (χ4v) is 5.54. The highest BCUT2D eigenvalue weighted by atomic mass is 16.3. The van der Waals surface area contributed by atoms with E-state index >= 15 is 0 Å². The van der Waals surface area contributed by atoms with Crippen LogP contribution in [0.5, 0.6) is 0 Å². The van der Waals surface area contributed by atoms with Crippen LogP contribution < -0.4 is 0 Å². The predicted octanol–water partition coefficient (Wildman–Crippen LogP) is 4.00. The summed E-state index contributed by atoms with van der Waals surface area (Å²) in [5.41, 5.74) is 1.10. The maximum atomic E-state index is 9.92. The van der Waals surface area contributed by atoms with Gasteiger partial charge in [0.05, 0.1) is 6.10 Å². The van der Waals surface area contributed by atoms with Gasteiger partial charge in [-0.1, -0.05) is 27.2 Å². The fraction of sp³-hybridized carbons (Fsp3) is 1.00. The second-order valence-electron chi connectivity index (χ2n) is 7.80. The molecule has 0 unspecified atom stereocenters. The Balaban J connectivity index is 1.82. The first-order chi connectivity index (χ1) is 7.95. The Kier molecular flexibility index (Phi) is 2.63. The molecule has 0 aromatic carbocycles. The van der Waals surface area contributed by atoms with Gasteiger partial charge in [-0.2, -0.15) is 0 Å². The lowest BCUT2D eigenvalue weighted by Gasteiger charge is -2.44. The van der Waals surface area contributed by atoms with Crippen LogP contribution in [0.25, 0.3) is 0 Å². The predicted molar refractivity (Wildman–Crippen MR) is 70.7 cm³/mol. The third kappa shape index (κ3) is 1.54. The Hall–Kier alpha value is -0.0400. The van der Waals surface area contributed by atoms with E-state index in [1.54, 1.807) is 0 Å². The summed E-state index contributed by atoms with van der Waals surface area (Å²) >= 11 is 0. The molecule has 3 saturated carbocycles. The molecular formula is C16H28O. The molecule has 98 valence electrons. The van der Waals surface area contributed by atoms with Gasteiger partial charge in [0.1, 0.15) is 0 Å². The van der Waals surface area contributed by atoms with Crippen LogP contribution in [-0.2, 0) is 0 Å². The number of aliphatic hydroxyl groups excluding tert-OH is 1. The Bertz CT molecular complexity index is 309. The van der Waals surface area contributed by atoms with Crippen molar-refractivity contribution in [2.75, 3.05) is 0 Å². The van der Waals surface area contributed by atoms with E-state index in [1.807, 2.05) is 0 Å². The molecule has 0 radical (unpaired) electrons. The normalized spacial score (nSPS) is 52.9. The molecule has 0 aromatic heterocycles. The molecule has 0 aliphatic heterocycles. The Labute approximate surface area is 106 Å². The molecule has 0 aromatic rings. The molecule has 5 atom stereocenters. The standard InChI is InChI=1S/C16H28O/c1-15(2)12-7-8-16(15,3)14(10-12)11-5-4-6-13(17)9-11/h11-14,17H,4-10H2,1-3H3/t11-,12-,13-,14-,16-/m0/s1. The van der Waals surface area contributed by atoms with Crippen molar-refractivity contribution in [3.63, 3.8) is 0 Å². The average molecular weight is 236 g/mol. The quantitative estimate of drug-likeness (QED) is 0.729. The van der Waals surface area contributed by atoms with E-state index < -0.39 is 0 Å². The van der Waals surface area contributed by atoms with Crippen LogP contribution in [-0.4, -0.2) is 11.2 Å². The lowest BCUT2D eigenvalue weighted by Crippen LogP contribution is -2.38. The highest BCUT2D eigenvalue weighted by molar-refractivity contribution is 5.11. The summed E-state index contributed by atoms with van der Waals surface area (Å²) in [6, 6.07) is 0. The van der Waals surface area contributed by atoms with Crippen LogP contribution in [0.2, 0.25) is 0 Å². The van der Waals surface area contributed by atoms with Crippen molar-refractivity contribution >= 4 is 0 Å². The van der Waals surface area contributed by atoms with E-state index in [2.05, 4.69) is 20.8 Å². The van der Waals surface area contributed by atoms with Crippen LogP contribution in [0.1, 0.15) is 65.7 Å². The van der Waals surface area contributed by atoms with E-state index in [0.29, 0.717) is 10.8 Å². The molecular weight excluding hydrogens is 208 g/mol. The number of hydrogen-bond donors (Lipinski definition) is 1. The van der Waals surface area contributed by atoms with Crippen LogP contribution in [0.3, 0.4) is 0 Å². The first-order valence-electron chi connectivity index (χ1n) is 7.63. The summed E-state index contributed by atoms with van der Waals surface area (Å²) in [6.45, 7) is 7.56. The Morgan fingerprint density at radius 1 is 1.00 bits per heavy atom. The molecule has 0 spiro atoms. The van der Waals surface area contributed by atoms with Gasteiger partial charge >= 0.3 is 0 Å². The summed E-state index contributed by atoms with van der Waals surface area (Å²) in [5.74, 6) is 2.66. The summed E-state index contributed by atoms with van der Waals surface area (Å²) in [7, 11) is 0. The maximum Gasteiger partial charge on any atom is 0.0543 e. The Morgan fingerprint density at radius 3 is 2.29 bits per heavy atom. The smallest absolute Gasteiger partial charge is 0.0543 e. The largest absolute Gasteiger partial charge is 0.393 e. The third-order valence-corrected chi connectivity index (χ3v) is 7.12. The molecule has 3 fully saturated rings. The van der Waals surface area contributed by atoms with Gasteiger partial charge in [-0.15, -0.1) is 0 Å². The zero-order chi connectivity index (χ0) is 12.3. The van der Waals surface area contributed by atoms with Gasteiger partial charge < -0.3 is 5.11 Å². The van der Waals surface area contributed by atoms with Crippen molar-refractivity contribution in [3.05, 3.63) is 0 Å². The molecule has 17 heavy (non-hydrogen) atoms. The molecule has 3 aliphatic carbocycles. The fourth-order valence-electron chi connectivity index (χ4n) is 5.54. The van der Waals surface area contributed by atoms with Gasteiger partial charge in [0.15, 0.2) is 0 Å². The average Bonchev–Trinajstić information content (AvgIpc) is 2.61. The number of rotatable bonds is 1. The minimum atomic E-state index is -0.000381. The van der Waals surface area contributed by atoms with E-state index in [0.717, 1.165) is 30.6 Å². The van der Waals surface area contributed by atoms with E-state index in [4.69, 9.17) is 0 Å². The van der Waals surface area contributed by atoms with Crippen LogP contribution in [0, 0.1) is 28.6 Å². The van der Waals surface area contributed by atoms with Crippen molar-refractivity contribution in [1.29, 1.82) is 0 Å². The van der Waals surface area contributed by atoms with Gasteiger partial charge in [0, 0.05) is 0 Å². The van der Waals surface area contributed by atoms with Crippen LogP contribution >= 0.6 is 0 Å². The molecule has 1 N–H and O–H groups in total. The highest BCUT2D eigenvalue weighted by Gasteiger charge is 2.62. The van der Waals surface area contributed by atoms with Gasteiger partial charge in [0.25, 0.3) is 0 Å². The first-order valence-corrected chi connectivity index (χ1v) is 7.63. The molecule has 0 heterocycles. The second kappa shape index (κ2) is 3.73. The molecule has 2 bridgehead atoms. The topological polar surface area (TPSA) is 20.2 Å². The lowest BCUT2D eigenvalue weighted by atomic mass is 9.61. The zero-order valence-corrected chi connectivity index (χ0v) is 11.7. The minimum absolute atomic E-state index is 0.000381. The summed E-state index contributed by atoms with van der Waals surface area (Å²) in [5, 5.41) is 9.92. The SMILES string of the molecule is CC1(C)[C@H]2CC[C@@]1(C)[C@H]([C@H]1CCC[C@H](O)C1)C2. The van der Waals surface area contributed by atoms with E-state index in [1.165, 1.54) is 32.1 Å². The monoisotopic (exact) mass is 236 g/mol. The molecule has 1 nitrogen and oxygen atoms in total. The number of aliphatic hydroxyl groups is 1. The summed E-state index contributed by atoms with van der Waals surface area (Å²) < 4.78 is 0. The van der Waals surface area contributed by atoms with Crippen LogP contribution in [0.4, 0.5) is 0 Å². The number of fused-ring (bicyclic) bond motifs is 2. The zero-order valence-electron chi connectivity index (χ0n) is 11.7. The summed E-state index contributed by atoms with van der Waals surface area (Å²) in [4.78, 5) is 0. The van der Waals surface area contributed by atoms with Gasteiger partial charge in [0.2, 0.25) is 0 Å². The van der Waals surface area contributed by atoms with Crippen molar-refractivity contribution < 1.29 is 5.11 Å². The molecule has 3 aliphatic rings. The number of hydrogen-bond acceptors (Lipinski definition) is 1. The van der Waals surface area contributed by atoms with Gasteiger partial charge in [-0.25, -0.2) is 0 Å². The van der Waals surface area contributed by atoms with E-state index in [9.17, 15) is 5.11 Å². The highest BCUT2D eigenvalue weighted by Crippen LogP contribution is 2.70. The van der Waals surface area contributed by atoms with Crippen LogP contribution in [0.15, 0.2) is 0 Å². The Morgan fingerprint density at radius 2 is 1.76 bits per heavy atom. The third-order valence-electron chi connectivity index (χ3n) is 7.12. The molecule has 1 heteroatoms. The molecule has 3 rings (SSSR count). The van der Waals surface area contributed by atoms with Crippen molar-refractivity contribution in [1.82, 2.24) is 0 Å². The van der Waals surface area contributed by atoms with Crippen molar-refractivity contribution in [2.45, 2.75) is 71.8 Å². The maximum absolute atomic E-state index is 9.92. The summed E-state index contributed by atoms with van der Waals surface area (Å²) in [6.07, 6.45) is 9.09. The van der Waals surface area contributed by atoms with Crippen molar-refractivity contribution in [2.24, 2.45) is 28.6 Å². The minimum Gasteiger partial charge on any atom is -0.393 e. The molecule has 0 saturated heterocycles. The van der Waals surface area contributed by atoms with Crippen molar-refractivity contribution in [3.8, 4) is 0 Å². The first kappa shape index (κ1) is 12.0.